The van der Waals surface area contributed by atoms with Gasteiger partial charge in [-0.15, -0.1) is 10.2 Å². The largest absolute Gasteiger partial charge is 0.390 e. The van der Waals surface area contributed by atoms with Gasteiger partial charge < -0.3 is 9.67 Å². The molecule has 0 aliphatic carbocycles. The highest BCUT2D eigenvalue weighted by atomic mass is 32.2. The van der Waals surface area contributed by atoms with Crippen LogP contribution in [0, 0.1) is 0 Å². The van der Waals surface area contributed by atoms with Gasteiger partial charge in [-0.2, -0.15) is 5.21 Å². The fraction of sp³-hybridized carbons (Fsp3) is 0.545. The van der Waals surface area contributed by atoms with E-state index in [9.17, 15) is 13.5 Å². The maximum absolute atomic E-state index is 12.3. The summed E-state index contributed by atoms with van der Waals surface area (Å²) in [6, 6.07) is 0.849. The second-order valence-corrected chi connectivity index (χ2v) is 6.35. The summed E-state index contributed by atoms with van der Waals surface area (Å²) >= 11 is 0. The molecule has 2 aromatic rings. The number of hydrogen-bond acceptors (Lipinski definition) is 6. The van der Waals surface area contributed by atoms with Crippen LogP contribution in [-0.4, -0.2) is 38.7 Å². The molecule has 9 nitrogen and oxygen atoms in total. The fourth-order valence-electron chi connectivity index (χ4n) is 1.96. The van der Waals surface area contributed by atoms with Crippen LogP contribution < -0.4 is 4.72 Å². The van der Waals surface area contributed by atoms with E-state index in [1.165, 1.54) is 12.3 Å². The lowest BCUT2D eigenvalue weighted by Crippen LogP contribution is -2.27. The van der Waals surface area contributed by atoms with E-state index in [2.05, 4.69) is 25.3 Å². The van der Waals surface area contributed by atoms with Gasteiger partial charge in [0.05, 0.1) is 17.5 Å². The maximum Gasteiger partial charge on any atom is 0.242 e. The number of aryl methyl sites for hydroxylation is 1. The molecule has 0 bridgehead atoms. The molecule has 116 valence electrons. The van der Waals surface area contributed by atoms with E-state index in [0.717, 1.165) is 6.42 Å². The number of hydrogen-bond donors (Lipinski definition) is 3. The van der Waals surface area contributed by atoms with Crippen molar-refractivity contribution in [3.63, 3.8) is 0 Å². The van der Waals surface area contributed by atoms with Crippen LogP contribution in [0.25, 0.3) is 0 Å². The minimum Gasteiger partial charge on any atom is -0.390 e. The Bertz CT molecular complexity index is 679. The lowest BCUT2D eigenvalue weighted by atomic mass is 10.4. The number of sulfonamides is 1. The number of rotatable bonds is 7. The smallest absolute Gasteiger partial charge is 0.242 e. The monoisotopic (exact) mass is 314 g/mol. The van der Waals surface area contributed by atoms with Crippen LogP contribution in [0.2, 0.25) is 0 Å². The molecule has 0 saturated heterocycles. The number of aliphatic hydroxyl groups is 1. The highest BCUT2D eigenvalue weighted by Crippen LogP contribution is 2.17. The quantitative estimate of drug-likeness (QED) is 0.657. The number of aromatic amines is 1. The van der Waals surface area contributed by atoms with Gasteiger partial charge in [-0.3, -0.25) is 0 Å². The second-order valence-electron chi connectivity index (χ2n) is 4.63. The average Bonchev–Trinajstić information content (AvgIpc) is 3.08. The summed E-state index contributed by atoms with van der Waals surface area (Å²) in [5, 5.41) is 22.4. The third kappa shape index (κ3) is 3.46. The van der Waals surface area contributed by atoms with Crippen molar-refractivity contribution in [3.05, 3.63) is 23.8 Å². The van der Waals surface area contributed by atoms with Crippen LogP contribution in [0.4, 0.5) is 0 Å². The molecule has 1 unspecified atom stereocenters. The Morgan fingerprint density at radius 2 is 2.29 bits per heavy atom. The van der Waals surface area contributed by atoms with Crippen LogP contribution in [0.5, 0.6) is 0 Å². The van der Waals surface area contributed by atoms with Crippen molar-refractivity contribution in [1.82, 2.24) is 29.9 Å². The van der Waals surface area contributed by atoms with Crippen LogP contribution >= 0.6 is 0 Å². The van der Waals surface area contributed by atoms with E-state index < -0.39 is 16.1 Å². The molecule has 21 heavy (non-hydrogen) atoms. The molecule has 2 rings (SSSR count). The van der Waals surface area contributed by atoms with Gasteiger partial charge in [0.1, 0.15) is 0 Å². The van der Waals surface area contributed by atoms with Crippen molar-refractivity contribution in [2.24, 2.45) is 0 Å². The van der Waals surface area contributed by atoms with Crippen molar-refractivity contribution in [3.8, 4) is 0 Å². The van der Waals surface area contributed by atoms with Gasteiger partial charge in [0, 0.05) is 18.4 Å². The molecular weight excluding hydrogens is 296 g/mol. The number of tetrazole rings is 1. The van der Waals surface area contributed by atoms with Gasteiger partial charge in [0.15, 0.2) is 5.82 Å². The number of aliphatic hydroxyl groups excluding tert-OH is 1. The lowest BCUT2D eigenvalue weighted by molar-refractivity contribution is 0.270. The molecule has 0 radical (unpaired) electrons. The molecule has 0 fully saturated rings. The normalized spacial score (nSPS) is 13.5. The summed E-state index contributed by atoms with van der Waals surface area (Å²) in [6.45, 7) is 4.03. The minimum absolute atomic E-state index is 0.107. The van der Waals surface area contributed by atoms with Gasteiger partial charge in [-0.25, -0.2) is 13.1 Å². The predicted molar refractivity (Wildman–Crippen MR) is 73.6 cm³/mol. The topological polar surface area (TPSA) is 126 Å². The molecule has 2 heterocycles. The average molecular weight is 314 g/mol. The molecule has 0 saturated carbocycles. The first-order valence-electron chi connectivity index (χ1n) is 6.53. The van der Waals surface area contributed by atoms with E-state index in [-0.39, 0.29) is 17.3 Å². The predicted octanol–water partition coefficient (Wildman–Crippen LogP) is -0.0570. The van der Waals surface area contributed by atoms with Gasteiger partial charge in [-0.1, -0.05) is 12.1 Å². The van der Waals surface area contributed by atoms with Crippen LogP contribution in [0.3, 0.4) is 0 Å². The molecule has 0 spiro atoms. The summed E-state index contributed by atoms with van der Waals surface area (Å²) in [7, 11) is -3.72. The zero-order valence-corrected chi connectivity index (χ0v) is 12.6. The molecule has 0 aromatic carbocycles. The number of nitrogens with one attached hydrogen (secondary N) is 2. The van der Waals surface area contributed by atoms with E-state index >= 15 is 0 Å². The van der Waals surface area contributed by atoms with Crippen molar-refractivity contribution in [2.45, 2.75) is 44.4 Å². The molecule has 1 atom stereocenters. The highest BCUT2D eigenvalue weighted by Gasteiger charge is 2.23. The Morgan fingerprint density at radius 3 is 2.86 bits per heavy atom. The Labute approximate surface area is 122 Å². The first-order valence-corrected chi connectivity index (χ1v) is 8.01. The SMILES string of the molecule is CCCn1cc(S(=O)(=O)NC(C)c2nn[nH]n2)cc1CO. The van der Waals surface area contributed by atoms with Crippen LogP contribution in [0.15, 0.2) is 17.2 Å². The van der Waals surface area contributed by atoms with Crippen LogP contribution in [-0.2, 0) is 23.2 Å². The number of aromatic nitrogens is 5. The van der Waals surface area contributed by atoms with E-state index in [4.69, 9.17) is 0 Å². The second kappa shape index (κ2) is 6.33. The van der Waals surface area contributed by atoms with Gasteiger partial charge in [0.25, 0.3) is 0 Å². The summed E-state index contributed by atoms with van der Waals surface area (Å²) in [4.78, 5) is 0.107. The Kier molecular flexibility index (Phi) is 4.70. The molecule has 0 amide bonds. The van der Waals surface area contributed by atoms with Crippen molar-refractivity contribution >= 4 is 10.0 Å². The maximum atomic E-state index is 12.3. The third-order valence-corrected chi connectivity index (χ3v) is 4.49. The number of H-pyrrole nitrogens is 1. The molecule has 10 heteroatoms. The van der Waals surface area contributed by atoms with E-state index in [1.54, 1.807) is 11.5 Å². The number of nitrogens with zero attached hydrogens (tertiary/aromatic N) is 4. The van der Waals surface area contributed by atoms with Gasteiger partial charge in [0.2, 0.25) is 10.0 Å². The van der Waals surface area contributed by atoms with Gasteiger partial charge >= 0.3 is 0 Å². The van der Waals surface area contributed by atoms with Crippen molar-refractivity contribution in [1.29, 1.82) is 0 Å². The van der Waals surface area contributed by atoms with E-state index in [1.807, 2.05) is 6.92 Å². The molecule has 0 aliphatic heterocycles. The van der Waals surface area contributed by atoms with Crippen molar-refractivity contribution in [2.75, 3.05) is 0 Å². The summed E-state index contributed by atoms with van der Waals surface area (Å²) in [6.07, 6.45) is 2.36. The first-order chi connectivity index (χ1) is 9.97. The summed E-state index contributed by atoms with van der Waals surface area (Å²) < 4.78 is 28.9. The van der Waals surface area contributed by atoms with Crippen LogP contribution in [0.1, 0.15) is 37.8 Å². The minimum atomic E-state index is -3.72. The van der Waals surface area contributed by atoms with E-state index in [0.29, 0.717) is 12.2 Å². The van der Waals surface area contributed by atoms with Gasteiger partial charge in [-0.05, 0) is 19.4 Å². The summed E-state index contributed by atoms with van der Waals surface area (Å²) in [5.74, 6) is 0.258. The molecule has 0 aliphatic rings. The molecular formula is C11H18N6O3S. The zero-order valence-electron chi connectivity index (χ0n) is 11.8. The Balaban J connectivity index is 2.23. The Morgan fingerprint density at radius 1 is 1.52 bits per heavy atom. The Hall–Kier alpha value is -1.78. The fourth-order valence-corrected chi connectivity index (χ4v) is 3.22. The third-order valence-electron chi connectivity index (χ3n) is 2.98. The summed E-state index contributed by atoms with van der Waals surface area (Å²) in [5.41, 5.74) is 0.560. The zero-order chi connectivity index (χ0) is 15.5. The standard InChI is InChI=1S/C11H18N6O3S/c1-3-4-17-6-10(5-9(17)7-18)21(19,20)14-8(2)11-12-15-16-13-11/h5-6,8,14,18H,3-4,7H2,1-2H3,(H,12,13,15,16). The molecule has 2 aromatic heterocycles. The highest BCUT2D eigenvalue weighted by molar-refractivity contribution is 7.89. The molecule has 3 N–H and O–H groups in total. The first kappa shape index (κ1) is 15.6. The van der Waals surface area contributed by atoms with Crippen molar-refractivity contribution < 1.29 is 13.5 Å². The lowest BCUT2D eigenvalue weighted by Gasteiger charge is -2.09.